The predicted molar refractivity (Wildman–Crippen MR) is 109 cm³/mol. The van der Waals surface area contributed by atoms with Crippen LogP contribution in [0.5, 0.6) is 0 Å². The van der Waals surface area contributed by atoms with Crippen LogP contribution in [-0.2, 0) is 15.1 Å². The van der Waals surface area contributed by atoms with Gasteiger partial charge in [0, 0.05) is 24.4 Å². The molecule has 0 unspecified atom stereocenters. The van der Waals surface area contributed by atoms with E-state index in [1.54, 1.807) is 17.0 Å². The fourth-order valence-corrected chi connectivity index (χ4v) is 4.39. The van der Waals surface area contributed by atoms with Crippen molar-refractivity contribution in [3.8, 4) is 0 Å². The van der Waals surface area contributed by atoms with Crippen molar-refractivity contribution in [1.82, 2.24) is 20.2 Å². The van der Waals surface area contributed by atoms with E-state index in [4.69, 9.17) is 4.74 Å². The normalized spacial score (nSPS) is 23.3. The molecule has 1 aromatic heterocycles. The predicted octanol–water partition coefficient (Wildman–Crippen LogP) is 3.23. The van der Waals surface area contributed by atoms with Crippen LogP contribution in [-0.4, -0.2) is 45.6 Å². The van der Waals surface area contributed by atoms with Crippen LogP contribution < -0.4 is 5.32 Å². The van der Waals surface area contributed by atoms with Gasteiger partial charge in [-0.1, -0.05) is 12.1 Å². The van der Waals surface area contributed by atoms with Gasteiger partial charge in [-0.05, 0) is 52.5 Å². The van der Waals surface area contributed by atoms with Gasteiger partial charge >= 0.3 is 6.09 Å². The monoisotopic (exact) mass is 414 g/mol. The Hall–Kier alpha value is -2.77. The number of carbonyl (C=O) groups excluding carboxylic acids is 2. The number of para-hydroxylation sites is 1. The molecule has 160 valence electrons. The molecule has 2 heterocycles. The van der Waals surface area contributed by atoms with Crippen molar-refractivity contribution in [3.05, 3.63) is 36.0 Å². The van der Waals surface area contributed by atoms with Gasteiger partial charge in [0.2, 0.25) is 5.91 Å². The second-order valence-electron chi connectivity index (χ2n) is 9.71. The Morgan fingerprint density at radius 2 is 1.80 bits per heavy atom. The molecule has 1 saturated carbocycles. The van der Waals surface area contributed by atoms with Gasteiger partial charge in [-0.3, -0.25) is 4.79 Å². The topological polar surface area (TPSA) is 84.4 Å². The Balaban J connectivity index is 1.43. The summed E-state index contributed by atoms with van der Waals surface area (Å²) in [6.45, 7) is 10.3. The summed E-state index contributed by atoms with van der Waals surface area (Å²) in [5.41, 5.74) is -0.527. The van der Waals surface area contributed by atoms with Crippen LogP contribution in [0, 0.1) is 23.6 Å². The van der Waals surface area contributed by atoms with E-state index >= 15 is 0 Å². The highest BCUT2D eigenvalue weighted by molar-refractivity contribution is 5.86. The Kier molecular flexibility index (Phi) is 4.71. The van der Waals surface area contributed by atoms with E-state index in [1.807, 2.05) is 34.6 Å². The van der Waals surface area contributed by atoms with Crippen molar-refractivity contribution in [2.24, 2.45) is 17.8 Å². The van der Waals surface area contributed by atoms with Crippen molar-refractivity contribution in [2.45, 2.75) is 45.8 Å². The molecule has 3 atom stereocenters. The zero-order valence-electron chi connectivity index (χ0n) is 17.9. The minimum Gasteiger partial charge on any atom is -0.444 e. The van der Waals surface area contributed by atoms with Gasteiger partial charge in [0.1, 0.15) is 23.3 Å². The van der Waals surface area contributed by atoms with E-state index in [0.717, 1.165) is 0 Å². The maximum absolute atomic E-state index is 14.1. The second kappa shape index (κ2) is 6.89. The third-order valence-corrected chi connectivity index (χ3v) is 5.79. The first-order valence-corrected chi connectivity index (χ1v) is 10.2. The standard InChI is InChI=1S/C22H27FN4O3/c1-21(2,3)30-20(29)27-9-13-14(10-27)16(13)19(28)26-22(4,5)18-12-7-6-8-15(23)17(12)24-11-25-18/h6-8,11,13-14,16H,9-10H2,1-5H3,(H,26,28)/t13-,14+,16+. The van der Waals surface area contributed by atoms with Crippen LogP contribution >= 0.6 is 0 Å². The lowest BCUT2D eigenvalue weighted by Crippen LogP contribution is -2.44. The number of nitrogens with one attached hydrogen (secondary N) is 1. The summed E-state index contributed by atoms with van der Waals surface area (Å²) >= 11 is 0. The lowest BCUT2D eigenvalue weighted by molar-refractivity contribution is -0.125. The van der Waals surface area contributed by atoms with Gasteiger partial charge in [0.05, 0.1) is 11.2 Å². The second-order valence-corrected chi connectivity index (χ2v) is 9.71. The van der Waals surface area contributed by atoms with Crippen LogP contribution in [0.1, 0.15) is 40.3 Å². The summed E-state index contributed by atoms with van der Waals surface area (Å²) in [7, 11) is 0. The largest absolute Gasteiger partial charge is 0.444 e. The van der Waals surface area contributed by atoms with E-state index in [2.05, 4.69) is 15.3 Å². The summed E-state index contributed by atoms with van der Waals surface area (Å²) in [5.74, 6) is -0.326. The Morgan fingerprint density at radius 1 is 1.13 bits per heavy atom. The van der Waals surface area contributed by atoms with Gasteiger partial charge in [-0.25, -0.2) is 19.2 Å². The Morgan fingerprint density at radius 3 is 2.43 bits per heavy atom. The SMILES string of the molecule is CC(C)(C)OC(=O)N1C[C@@H]2[C@H](C1)[C@H]2C(=O)NC(C)(C)c1ncnc2c(F)cccc12. The fourth-order valence-electron chi connectivity index (χ4n) is 4.39. The van der Waals surface area contributed by atoms with Crippen LogP contribution in [0.4, 0.5) is 9.18 Å². The third-order valence-electron chi connectivity index (χ3n) is 5.79. The van der Waals surface area contributed by atoms with Gasteiger partial charge in [-0.15, -0.1) is 0 Å². The number of hydrogen-bond acceptors (Lipinski definition) is 5. The number of fused-ring (bicyclic) bond motifs is 2. The zero-order valence-corrected chi connectivity index (χ0v) is 17.9. The van der Waals surface area contributed by atoms with E-state index in [9.17, 15) is 14.0 Å². The lowest BCUT2D eigenvalue weighted by atomic mass is 9.95. The molecular weight excluding hydrogens is 387 g/mol. The zero-order chi connectivity index (χ0) is 21.8. The molecule has 8 heteroatoms. The molecule has 0 radical (unpaired) electrons. The maximum Gasteiger partial charge on any atom is 0.410 e. The molecule has 0 bridgehead atoms. The molecule has 1 aliphatic carbocycles. The summed E-state index contributed by atoms with van der Waals surface area (Å²) in [4.78, 5) is 35.2. The Bertz CT molecular complexity index is 1010. The van der Waals surface area contributed by atoms with Crippen LogP contribution in [0.25, 0.3) is 10.9 Å². The molecule has 1 aromatic carbocycles. The average molecular weight is 414 g/mol. The molecule has 2 fully saturated rings. The smallest absolute Gasteiger partial charge is 0.410 e. The number of carbonyl (C=O) groups is 2. The molecule has 1 aliphatic heterocycles. The Labute approximate surface area is 175 Å². The van der Waals surface area contributed by atoms with Crippen molar-refractivity contribution >= 4 is 22.9 Å². The maximum atomic E-state index is 14.1. The van der Waals surface area contributed by atoms with Crippen molar-refractivity contribution in [3.63, 3.8) is 0 Å². The van der Waals surface area contributed by atoms with E-state index < -0.39 is 17.0 Å². The van der Waals surface area contributed by atoms with Crippen LogP contribution in [0.3, 0.4) is 0 Å². The third kappa shape index (κ3) is 3.70. The van der Waals surface area contributed by atoms with Gasteiger partial charge < -0.3 is 15.0 Å². The van der Waals surface area contributed by atoms with Gasteiger partial charge in [-0.2, -0.15) is 0 Å². The molecule has 2 aromatic rings. The number of likely N-dealkylation sites (tertiary alicyclic amines) is 1. The highest BCUT2D eigenvalue weighted by Gasteiger charge is 2.61. The first-order chi connectivity index (χ1) is 14.0. The quantitative estimate of drug-likeness (QED) is 0.834. The molecule has 1 saturated heterocycles. The van der Waals surface area contributed by atoms with Crippen LogP contribution in [0.2, 0.25) is 0 Å². The van der Waals surface area contributed by atoms with Gasteiger partial charge in [0.15, 0.2) is 0 Å². The molecule has 1 N–H and O–H groups in total. The number of piperidine rings is 1. The van der Waals surface area contributed by atoms with Crippen molar-refractivity contribution in [1.29, 1.82) is 0 Å². The van der Waals surface area contributed by atoms with E-state index in [0.29, 0.717) is 24.2 Å². The summed E-state index contributed by atoms with van der Waals surface area (Å²) in [6.07, 6.45) is 0.989. The van der Waals surface area contributed by atoms with E-state index in [-0.39, 0.29) is 35.3 Å². The number of halogens is 1. The number of ether oxygens (including phenoxy) is 1. The number of rotatable bonds is 3. The summed E-state index contributed by atoms with van der Waals surface area (Å²) in [5, 5.41) is 3.65. The molecule has 2 amide bonds. The molecular formula is C22H27FN4O3. The minimum absolute atomic E-state index is 0.0676. The molecule has 30 heavy (non-hydrogen) atoms. The fraction of sp³-hybridized carbons (Fsp3) is 0.545. The molecule has 0 spiro atoms. The first kappa shape index (κ1) is 20.5. The van der Waals surface area contributed by atoms with Crippen molar-refractivity contribution < 1.29 is 18.7 Å². The number of benzene rings is 1. The molecule has 2 aliphatic rings. The molecule has 7 nitrogen and oxygen atoms in total. The number of aromatic nitrogens is 2. The highest BCUT2D eigenvalue weighted by atomic mass is 19.1. The highest BCUT2D eigenvalue weighted by Crippen LogP contribution is 2.52. The summed E-state index contributed by atoms with van der Waals surface area (Å²) in [6, 6.07) is 4.72. The average Bonchev–Trinajstić information content (AvgIpc) is 3.14. The van der Waals surface area contributed by atoms with Gasteiger partial charge in [0.25, 0.3) is 0 Å². The minimum atomic E-state index is -0.798. The summed E-state index contributed by atoms with van der Waals surface area (Å²) < 4.78 is 19.5. The number of hydrogen-bond donors (Lipinski definition) is 1. The number of nitrogens with zero attached hydrogens (tertiary/aromatic N) is 3. The lowest BCUT2D eigenvalue weighted by Gasteiger charge is -2.28. The molecule has 4 rings (SSSR count). The number of amides is 2. The van der Waals surface area contributed by atoms with E-state index in [1.165, 1.54) is 12.4 Å². The first-order valence-electron chi connectivity index (χ1n) is 10.2. The van der Waals surface area contributed by atoms with Crippen LogP contribution in [0.15, 0.2) is 24.5 Å². The van der Waals surface area contributed by atoms with Crippen molar-refractivity contribution in [2.75, 3.05) is 13.1 Å².